The summed E-state index contributed by atoms with van der Waals surface area (Å²) < 4.78 is 5.13. The van der Waals surface area contributed by atoms with E-state index in [9.17, 15) is 4.79 Å². The van der Waals surface area contributed by atoms with E-state index in [2.05, 4.69) is 36.2 Å². The third kappa shape index (κ3) is 6.33. The second kappa shape index (κ2) is 11.0. The number of carbonyl (C=O) groups excluding carboxylic acids is 1. The molecule has 1 heterocycles. The Kier molecular flexibility index (Phi) is 7.36. The highest BCUT2D eigenvalue weighted by Gasteiger charge is 2.10. The van der Waals surface area contributed by atoms with Crippen LogP contribution in [0.15, 0.2) is 78.9 Å². The third-order valence-electron chi connectivity index (χ3n) is 4.54. The van der Waals surface area contributed by atoms with Crippen molar-refractivity contribution >= 4 is 52.4 Å². The van der Waals surface area contributed by atoms with Gasteiger partial charge in [0.1, 0.15) is 5.75 Å². The van der Waals surface area contributed by atoms with Crippen LogP contribution in [0.4, 0.5) is 34.9 Å². The molecule has 0 fully saturated rings. The fourth-order valence-electron chi connectivity index (χ4n) is 2.98. The summed E-state index contributed by atoms with van der Waals surface area (Å²) in [5, 5.41) is 12.4. The molecule has 0 unspecified atom stereocenters. The average Bonchev–Trinajstić information content (AvgIpc) is 2.84. The van der Waals surface area contributed by atoms with Gasteiger partial charge in [0.2, 0.25) is 23.8 Å². The number of aromatic nitrogens is 3. The lowest BCUT2D eigenvalue weighted by molar-refractivity contribution is -0.114. The summed E-state index contributed by atoms with van der Waals surface area (Å²) in [6.07, 6.45) is 0. The van der Waals surface area contributed by atoms with E-state index < -0.39 is 0 Å². The van der Waals surface area contributed by atoms with E-state index >= 15 is 0 Å². The van der Waals surface area contributed by atoms with Crippen LogP contribution < -0.4 is 26.0 Å². The van der Waals surface area contributed by atoms with Gasteiger partial charge >= 0.3 is 0 Å². The van der Waals surface area contributed by atoms with E-state index in [1.807, 2.05) is 60.7 Å². The van der Waals surface area contributed by atoms with Gasteiger partial charge in [0.25, 0.3) is 0 Å². The summed E-state index contributed by atoms with van der Waals surface area (Å²) in [5.41, 5.74) is 2.19. The highest BCUT2D eigenvalue weighted by atomic mass is 35.5. The predicted octanol–water partition coefficient (Wildman–Crippen LogP) is 5.07. The third-order valence-corrected chi connectivity index (χ3v) is 4.83. The molecule has 1 aromatic heterocycles. The van der Waals surface area contributed by atoms with E-state index in [1.54, 1.807) is 18.2 Å². The van der Waals surface area contributed by atoms with Crippen molar-refractivity contribution in [2.45, 2.75) is 0 Å². The second-order valence-corrected chi connectivity index (χ2v) is 7.45. The van der Waals surface area contributed by atoms with Gasteiger partial charge in [0.15, 0.2) is 0 Å². The Morgan fingerprint density at radius 1 is 0.794 bits per heavy atom. The number of halogens is 1. The smallest absolute Gasteiger partial charge is 0.243 e. The monoisotopic (exact) mass is 475 g/mol. The van der Waals surface area contributed by atoms with Crippen LogP contribution in [0, 0.1) is 0 Å². The molecule has 0 atom stereocenters. The zero-order valence-corrected chi connectivity index (χ0v) is 19.0. The number of nitrogens with one attached hydrogen (secondary N) is 4. The fraction of sp³-hybridized carbons (Fsp3) is 0.0833. The maximum atomic E-state index is 12.5. The zero-order valence-electron chi connectivity index (χ0n) is 18.2. The highest BCUT2D eigenvalue weighted by Crippen LogP contribution is 2.27. The molecule has 172 valence electrons. The first-order valence-corrected chi connectivity index (χ1v) is 10.7. The van der Waals surface area contributed by atoms with Crippen molar-refractivity contribution in [2.75, 3.05) is 34.9 Å². The SMILES string of the molecule is COc1ccc(NC(=O)CNc2nc(Nc3ccccc3)nc(Nc3ccccc3)n2)cc1Cl. The standard InChI is InChI=1S/C24H22ClN7O2/c1-34-20-13-12-18(14-19(20)25)27-21(33)15-26-22-30-23(28-16-8-4-2-5-9-16)32-24(31-22)29-17-10-6-3-7-11-17/h2-14H,15H2,1H3,(H,27,33)(H3,26,28,29,30,31,32). The molecule has 1 amide bonds. The summed E-state index contributed by atoms with van der Waals surface area (Å²) >= 11 is 6.12. The first-order valence-electron chi connectivity index (χ1n) is 10.4. The van der Waals surface area contributed by atoms with Crippen molar-refractivity contribution < 1.29 is 9.53 Å². The van der Waals surface area contributed by atoms with Gasteiger partial charge in [-0.25, -0.2) is 0 Å². The summed E-state index contributed by atoms with van der Waals surface area (Å²) in [5.74, 6) is 1.11. The van der Waals surface area contributed by atoms with Crippen LogP contribution in [0.2, 0.25) is 5.02 Å². The molecule has 0 aliphatic rings. The number of nitrogens with zero attached hydrogens (tertiary/aromatic N) is 3. The topological polar surface area (TPSA) is 113 Å². The number of hydrogen-bond donors (Lipinski definition) is 4. The van der Waals surface area contributed by atoms with Crippen molar-refractivity contribution in [3.8, 4) is 5.75 Å². The number of benzene rings is 3. The van der Waals surface area contributed by atoms with Gasteiger partial charge in [-0.15, -0.1) is 0 Å². The molecular weight excluding hydrogens is 454 g/mol. The van der Waals surface area contributed by atoms with Crippen LogP contribution in [0.25, 0.3) is 0 Å². The molecule has 0 saturated heterocycles. The molecular formula is C24H22ClN7O2. The van der Waals surface area contributed by atoms with Gasteiger partial charge in [-0.1, -0.05) is 48.0 Å². The predicted molar refractivity (Wildman–Crippen MR) is 134 cm³/mol. The van der Waals surface area contributed by atoms with Crippen molar-refractivity contribution in [1.29, 1.82) is 0 Å². The molecule has 4 aromatic rings. The van der Waals surface area contributed by atoms with E-state index in [-0.39, 0.29) is 18.4 Å². The Hall–Kier alpha value is -4.37. The average molecular weight is 476 g/mol. The Morgan fingerprint density at radius 3 is 1.88 bits per heavy atom. The van der Waals surface area contributed by atoms with Crippen molar-refractivity contribution in [3.05, 3.63) is 83.9 Å². The molecule has 4 N–H and O–H groups in total. The number of rotatable bonds is 9. The number of para-hydroxylation sites is 2. The Morgan fingerprint density at radius 2 is 1.35 bits per heavy atom. The second-order valence-electron chi connectivity index (χ2n) is 7.04. The minimum atomic E-state index is -0.295. The first-order chi connectivity index (χ1) is 16.6. The molecule has 34 heavy (non-hydrogen) atoms. The number of carbonyl (C=O) groups is 1. The Balaban J connectivity index is 1.47. The van der Waals surface area contributed by atoms with Gasteiger partial charge in [0, 0.05) is 17.1 Å². The summed E-state index contributed by atoms with van der Waals surface area (Å²) in [7, 11) is 1.53. The number of hydrogen-bond acceptors (Lipinski definition) is 8. The Bertz CT molecular complexity index is 1200. The van der Waals surface area contributed by atoms with Crippen molar-refractivity contribution in [1.82, 2.24) is 15.0 Å². The minimum Gasteiger partial charge on any atom is -0.495 e. The lowest BCUT2D eigenvalue weighted by Gasteiger charge is -2.12. The zero-order chi connectivity index (χ0) is 23.8. The number of amides is 1. The molecule has 4 rings (SSSR count). The van der Waals surface area contributed by atoms with Crippen molar-refractivity contribution in [3.63, 3.8) is 0 Å². The van der Waals surface area contributed by atoms with Crippen LogP contribution in [0.3, 0.4) is 0 Å². The Labute approximate surface area is 201 Å². The quantitative estimate of drug-likeness (QED) is 0.265. The molecule has 9 nitrogen and oxygen atoms in total. The number of anilines is 6. The van der Waals surface area contributed by atoms with Crippen molar-refractivity contribution in [2.24, 2.45) is 0 Å². The minimum absolute atomic E-state index is 0.0663. The van der Waals surface area contributed by atoms with Gasteiger partial charge < -0.3 is 26.0 Å². The first kappa shape index (κ1) is 22.8. The van der Waals surface area contributed by atoms with Crippen LogP contribution in [-0.2, 0) is 4.79 Å². The van der Waals surface area contributed by atoms with Gasteiger partial charge in [0.05, 0.1) is 18.7 Å². The van der Waals surface area contributed by atoms with Crippen LogP contribution in [-0.4, -0.2) is 34.5 Å². The normalized spacial score (nSPS) is 10.3. The van der Waals surface area contributed by atoms with Crippen LogP contribution >= 0.6 is 11.6 Å². The number of methoxy groups -OCH3 is 1. The van der Waals surface area contributed by atoms with Crippen LogP contribution in [0.1, 0.15) is 0 Å². The molecule has 0 radical (unpaired) electrons. The highest BCUT2D eigenvalue weighted by molar-refractivity contribution is 6.32. The molecule has 0 aliphatic carbocycles. The maximum absolute atomic E-state index is 12.5. The van der Waals surface area contributed by atoms with E-state index in [0.29, 0.717) is 28.4 Å². The van der Waals surface area contributed by atoms with Gasteiger partial charge in [-0.2, -0.15) is 15.0 Å². The molecule has 0 spiro atoms. The summed E-state index contributed by atoms with van der Waals surface area (Å²) in [6, 6.07) is 24.0. The summed E-state index contributed by atoms with van der Waals surface area (Å²) in [4.78, 5) is 25.7. The largest absolute Gasteiger partial charge is 0.495 e. The number of ether oxygens (including phenoxy) is 1. The molecule has 10 heteroatoms. The van der Waals surface area contributed by atoms with E-state index in [0.717, 1.165) is 11.4 Å². The van der Waals surface area contributed by atoms with Crippen LogP contribution in [0.5, 0.6) is 5.75 Å². The van der Waals surface area contributed by atoms with E-state index in [1.165, 1.54) is 7.11 Å². The molecule has 0 bridgehead atoms. The van der Waals surface area contributed by atoms with Gasteiger partial charge in [-0.05, 0) is 42.5 Å². The van der Waals surface area contributed by atoms with Gasteiger partial charge in [-0.3, -0.25) is 4.79 Å². The van der Waals surface area contributed by atoms with E-state index in [4.69, 9.17) is 16.3 Å². The lowest BCUT2D eigenvalue weighted by Crippen LogP contribution is -2.23. The molecule has 0 saturated carbocycles. The summed E-state index contributed by atoms with van der Waals surface area (Å²) in [6.45, 7) is -0.0663. The fourth-order valence-corrected chi connectivity index (χ4v) is 3.23. The lowest BCUT2D eigenvalue weighted by atomic mass is 10.3. The molecule has 0 aliphatic heterocycles. The maximum Gasteiger partial charge on any atom is 0.243 e. The molecule has 3 aromatic carbocycles.